The van der Waals surface area contributed by atoms with Crippen molar-refractivity contribution in [2.75, 3.05) is 0 Å². The van der Waals surface area contributed by atoms with Gasteiger partial charge in [-0.1, -0.05) is 24.3 Å². The predicted octanol–water partition coefficient (Wildman–Crippen LogP) is 1.36. The van der Waals surface area contributed by atoms with E-state index in [1.54, 1.807) is 30.3 Å². The molecule has 4 N–H and O–H groups in total. The number of rotatable bonds is 5. The first-order chi connectivity index (χ1) is 12.5. The molecule has 9 nitrogen and oxygen atoms in total. The zero-order valence-corrected chi connectivity index (χ0v) is 13.6. The Labute approximate surface area is 148 Å². The lowest BCUT2D eigenvalue weighted by molar-refractivity contribution is -0.384. The molecule has 1 amide bonds. The second-order valence-corrected chi connectivity index (χ2v) is 5.77. The van der Waals surface area contributed by atoms with E-state index in [1.807, 2.05) is 0 Å². The number of para-hydroxylation sites is 1. The number of hydrazone groups is 1. The van der Waals surface area contributed by atoms with Gasteiger partial charge < -0.3 is 5.11 Å². The van der Waals surface area contributed by atoms with Crippen molar-refractivity contribution in [1.29, 1.82) is 0 Å². The molecule has 1 saturated heterocycles. The van der Waals surface area contributed by atoms with Gasteiger partial charge in [-0.05, 0) is 24.1 Å². The van der Waals surface area contributed by atoms with Gasteiger partial charge in [0.2, 0.25) is 0 Å². The lowest BCUT2D eigenvalue weighted by Gasteiger charge is -2.09. The number of carbonyl (C=O) groups is 1. The number of nitro benzene ring substituents is 1. The number of hydrogen-bond acceptors (Lipinski definition) is 7. The van der Waals surface area contributed by atoms with Gasteiger partial charge in [-0.3, -0.25) is 14.9 Å². The van der Waals surface area contributed by atoms with Crippen molar-refractivity contribution in [2.24, 2.45) is 5.10 Å². The second-order valence-electron chi connectivity index (χ2n) is 5.77. The summed E-state index contributed by atoms with van der Waals surface area (Å²) in [5.41, 5.74) is 9.44. The number of phenolic OH excluding ortho intramolecular Hbond substituents is 1. The van der Waals surface area contributed by atoms with Crippen LogP contribution in [0.5, 0.6) is 5.75 Å². The largest absolute Gasteiger partial charge is 0.507 e. The molecule has 0 aliphatic carbocycles. The molecule has 1 aliphatic rings. The molecule has 2 aromatic rings. The van der Waals surface area contributed by atoms with Crippen molar-refractivity contribution in [3.63, 3.8) is 0 Å². The number of hydrazine groups is 1. The number of aromatic hydroxyl groups is 1. The van der Waals surface area contributed by atoms with Crippen molar-refractivity contribution in [3.8, 4) is 5.75 Å². The summed E-state index contributed by atoms with van der Waals surface area (Å²) >= 11 is 0. The van der Waals surface area contributed by atoms with Gasteiger partial charge in [0.25, 0.3) is 11.6 Å². The maximum Gasteiger partial charge on any atom is 0.269 e. The molecule has 0 radical (unpaired) electrons. The van der Waals surface area contributed by atoms with Crippen molar-refractivity contribution >= 4 is 17.8 Å². The molecule has 0 aromatic heterocycles. The minimum atomic E-state index is -0.541. The van der Waals surface area contributed by atoms with E-state index in [2.05, 4.69) is 21.4 Å². The predicted molar refractivity (Wildman–Crippen MR) is 94.4 cm³/mol. The highest BCUT2D eigenvalue weighted by Crippen LogP contribution is 2.25. The number of non-ortho nitro benzene ring substituents is 1. The van der Waals surface area contributed by atoms with Crippen molar-refractivity contribution in [2.45, 2.75) is 18.5 Å². The first-order valence-corrected chi connectivity index (χ1v) is 7.91. The molecular formula is C17H17N5O4. The van der Waals surface area contributed by atoms with Crippen molar-refractivity contribution in [1.82, 2.24) is 16.3 Å². The fourth-order valence-corrected chi connectivity index (χ4v) is 2.64. The highest BCUT2D eigenvalue weighted by Gasteiger charge is 2.30. The van der Waals surface area contributed by atoms with E-state index in [4.69, 9.17) is 0 Å². The number of nitrogens with one attached hydrogen (secondary N) is 3. The summed E-state index contributed by atoms with van der Waals surface area (Å²) < 4.78 is 0. The van der Waals surface area contributed by atoms with E-state index in [1.165, 1.54) is 24.4 Å². The van der Waals surface area contributed by atoms with Gasteiger partial charge in [-0.25, -0.2) is 16.3 Å². The molecule has 2 unspecified atom stereocenters. The fourth-order valence-electron chi connectivity index (χ4n) is 2.64. The maximum absolute atomic E-state index is 12.2. The maximum atomic E-state index is 12.2. The fraction of sp³-hybridized carbons (Fsp3) is 0.176. The van der Waals surface area contributed by atoms with E-state index >= 15 is 0 Å². The number of phenols is 1. The summed E-state index contributed by atoms with van der Waals surface area (Å²) in [6.07, 6.45) is 1.77. The Morgan fingerprint density at radius 2 is 2.08 bits per heavy atom. The minimum absolute atomic E-state index is 0.00414. The summed E-state index contributed by atoms with van der Waals surface area (Å²) in [4.78, 5) is 22.6. The topological polar surface area (TPSA) is 129 Å². The SMILES string of the molecule is O=C(N/N=C/c1ccccc1O)C1CC(c2cccc([N+](=O)[O-])c2)NN1. The van der Waals surface area contributed by atoms with Crippen LogP contribution in [0.15, 0.2) is 53.6 Å². The lowest BCUT2D eigenvalue weighted by Crippen LogP contribution is -2.41. The number of benzene rings is 2. The van der Waals surface area contributed by atoms with E-state index in [-0.39, 0.29) is 23.4 Å². The van der Waals surface area contributed by atoms with E-state index < -0.39 is 11.0 Å². The van der Waals surface area contributed by atoms with Gasteiger partial charge in [0.05, 0.1) is 11.1 Å². The Bertz CT molecular complexity index is 855. The van der Waals surface area contributed by atoms with Crippen LogP contribution in [-0.4, -0.2) is 28.2 Å². The zero-order valence-electron chi connectivity index (χ0n) is 13.6. The Morgan fingerprint density at radius 1 is 1.27 bits per heavy atom. The van der Waals surface area contributed by atoms with Crippen molar-refractivity contribution < 1.29 is 14.8 Å². The van der Waals surface area contributed by atoms with Gasteiger partial charge in [-0.2, -0.15) is 5.10 Å². The molecule has 3 rings (SSSR count). The normalized spacial score (nSPS) is 19.5. The molecule has 2 atom stereocenters. The van der Waals surface area contributed by atoms with E-state index in [0.717, 1.165) is 5.56 Å². The number of amides is 1. The number of carbonyl (C=O) groups excluding carboxylic acids is 1. The average Bonchev–Trinajstić information content (AvgIpc) is 3.13. The molecular weight excluding hydrogens is 338 g/mol. The first kappa shape index (κ1) is 17.5. The molecule has 134 valence electrons. The van der Waals surface area contributed by atoms with Crippen LogP contribution in [0.4, 0.5) is 5.69 Å². The molecule has 1 fully saturated rings. The standard InChI is InChI=1S/C17H17N5O4/c23-16-7-2-1-4-12(16)10-18-21-17(24)15-9-14(19-20-15)11-5-3-6-13(8-11)22(25)26/h1-8,10,14-15,19-20,23H,9H2,(H,21,24)/b18-10+. The molecule has 9 heteroatoms. The quantitative estimate of drug-likeness (QED) is 0.364. The monoisotopic (exact) mass is 355 g/mol. The summed E-state index contributed by atoms with van der Waals surface area (Å²) in [5, 5.41) is 24.3. The number of hydrogen-bond donors (Lipinski definition) is 4. The second kappa shape index (κ2) is 7.72. The third-order valence-corrected chi connectivity index (χ3v) is 4.02. The van der Waals surface area contributed by atoms with Crippen LogP contribution in [0.3, 0.4) is 0 Å². The van der Waals surface area contributed by atoms with Gasteiger partial charge in [0.1, 0.15) is 11.8 Å². The van der Waals surface area contributed by atoms with Crippen LogP contribution >= 0.6 is 0 Å². The third kappa shape index (κ3) is 4.02. The van der Waals surface area contributed by atoms with Crippen LogP contribution in [0.2, 0.25) is 0 Å². The Balaban J connectivity index is 1.58. The molecule has 26 heavy (non-hydrogen) atoms. The van der Waals surface area contributed by atoms with Crippen LogP contribution in [0.25, 0.3) is 0 Å². The molecule has 1 heterocycles. The van der Waals surface area contributed by atoms with Crippen molar-refractivity contribution in [3.05, 3.63) is 69.8 Å². The highest BCUT2D eigenvalue weighted by atomic mass is 16.6. The highest BCUT2D eigenvalue weighted by molar-refractivity contribution is 5.86. The average molecular weight is 355 g/mol. The molecule has 0 saturated carbocycles. The van der Waals surface area contributed by atoms with Crippen LogP contribution in [-0.2, 0) is 4.79 Å². The zero-order chi connectivity index (χ0) is 18.5. The smallest absolute Gasteiger partial charge is 0.269 e. The first-order valence-electron chi connectivity index (χ1n) is 7.91. The van der Waals surface area contributed by atoms with Gasteiger partial charge in [-0.15, -0.1) is 0 Å². The van der Waals surface area contributed by atoms with Gasteiger partial charge in [0.15, 0.2) is 0 Å². The van der Waals surface area contributed by atoms with Crippen LogP contribution < -0.4 is 16.3 Å². The summed E-state index contributed by atoms with van der Waals surface area (Å²) in [6.45, 7) is 0. The molecule has 1 aliphatic heterocycles. The number of nitrogens with zero attached hydrogens (tertiary/aromatic N) is 2. The van der Waals surface area contributed by atoms with E-state index in [9.17, 15) is 20.0 Å². The van der Waals surface area contributed by atoms with Gasteiger partial charge >= 0.3 is 0 Å². The van der Waals surface area contributed by atoms with Crippen LogP contribution in [0.1, 0.15) is 23.6 Å². The van der Waals surface area contributed by atoms with Crippen LogP contribution in [0, 0.1) is 10.1 Å². The Kier molecular flexibility index (Phi) is 5.20. The molecule has 0 spiro atoms. The van der Waals surface area contributed by atoms with Gasteiger partial charge in [0, 0.05) is 23.7 Å². The third-order valence-electron chi connectivity index (χ3n) is 4.02. The summed E-state index contributed by atoms with van der Waals surface area (Å²) in [5.74, 6) is -0.283. The lowest BCUT2D eigenvalue weighted by atomic mass is 10.0. The molecule has 0 bridgehead atoms. The van der Waals surface area contributed by atoms with E-state index in [0.29, 0.717) is 12.0 Å². The Morgan fingerprint density at radius 3 is 2.85 bits per heavy atom. The molecule has 2 aromatic carbocycles. The minimum Gasteiger partial charge on any atom is -0.507 e. The summed E-state index contributed by atoms with van der Waals surface area (Å²) in [7, 11) is 0. The number of nitro groups is 1. The Hall–Kier alpha value is -3.30. The summed E-state index contributed by atoms with van der Waals surface area (Å²) in [6, 6.07) is 12.1.